The van der Waals surface area contributed by atoms with Crippen molar-refractivity contribution in [3.63, 3.8) is 0 Å². The molecule has 1 rings (SSSR count). The van der Waals surface area contributed by atoms with Crippen LogP contribution >= 0.6 is 22.6 Å². The van der Waals surface area contributed by atoms with Gasteiger partial charge in [-0.05, 0) is 52.6 Å². The normalized spacial score (nSPS) is 11.6. The number of halogens is 1. The molecule has 3 heteroatoms. The predicted molar refractivity (Wildman–Crippen MR) is 90.0 cm³/mol. The minimum Gasteiger partial charge on any atom is -0.399 e. The molecule has 0 radical (unpaired) electrons. The van der Waals surface area contributed by atoms with E-state index < -0.39 is 0 Å². The van der Waals surface area contributed by atoms with Crippen molar-refractivity contribution in [1.82, 2.24) is 0 Å². The molecule has 18 heavy (non-hydrogen) atoms. The minimum atomic E-state index is 0.347. The Labute approximate surface area is 125 Å². The van der Waals surface area contributed by atoms with Gasteiger partial charge in [0, 0.05) is 21.5 Å². The average molecular weight is 360 g/mol. The van der Waals surface area contributed by atoms with Crippen LogP contribution in [0.2, 0.25) is 0 Å². The number of unbranched alkanes of at least 4 members (excludes halogenated alkanes) is 2. The fraction of sp³-hybridized carbons (Fsp3) is 0.600. The molecule has 0 atom stereocenters. The number of benzene rings is 1. The number of anilines is 2. The van der Waals surface area contributed by atoms with Crippen molar-refractivity contribution in [2.75, 3.05) is 17.6 Å². The van der Waals surface area contributed by atoms with E-state index >= 15 is 0 Å². The fourth-order valence-electron chi connectivity index (χ4n) is 1.95. The van der Waals surface area contributed by atoms with E-state index in [1.807, 2.05) is 12.1 Å². The van der Waals surface area contributed by atoms with E-state index in [4.69, 9.17) is 5.73 Å². The first-order valence-electron chi connectivity index (χ1n) is 6.73. The SMILES string of the molecule is CCCCCC(C)(C)CNc1ccc(N)cc1I. The summed E-state index contributed by atoms with van der Waals surface area (Å²) < 4.78 is 1.19. The van der Waals surface area contributed by atoms with Crippen LogP contribution in [0.25, 0.3) is 0 Å². The molecule has 0 heterocycles. The predicted octanol–water partition coefficient (Wildman–Crippen LogP) is 4.89. The lowest BCUT2D eigenvalue weighted by molar-refractivity contribution is 0.342. The zero-order valence-electron chi connectivity index (χ0n) is 11.7. The van der Waals surface area contributed by atoms with E-state index in [0.29, 0.717) is 5.41 Å². The van der Waals surface area contributed by atoms with Crippen LogP contribution < -0.4 is 11.1 Å². The number of rotatable bonds is 7. The van der Waals surface area contributed by atoms with Gasteiger partial charge in [0.05, 0.1) is 0 Å². The highest BCUT2D eigenvalue weighted by Crippen LogP contribution is 2.26. The molecule has 102 valence electrons. The highest BCUT2D eigenvalue weighted by Gasteiger charge is 2.17. The van der Waals surface area contributed by atoms with Crippen molar-refractivity contribution in [3.8, 4) is 0 Å². The first-order chi connectivity index (χ1) is 8.44. The molecule has 0 bridgehead atoms. The topological polar surface area (TPSA) is 38.0 Å². The fourth-order valence-corrected chi connectivity index (χ4v) is 2.68. The largest absolute Gasteiger partial charge is 0.399 e. The van der Waals surface area contributed by atoms with Crippen LogP contribution in [0.1, 0.15) is 46.5 Å². The molecule has 0 aromatic heterocycles. The number of nitrogens with one attached hydrogen (secondary N) is 1. The van der Waals surface area contributed by atoms with Crippen LogP contribution in [0.3, 0.4) is 0 Å². The summed E-state index contributed by atoms with van der Waals surface area (Å²) in [6, 6.07) is 6.03. The first-order valence-corrected chi connectivity index (χ1v) is 7.81. The first kappa shape index (κ1) is 15.6. The van der Waals surface area contributed by atoms with Crippen LogP contribution in [0.5, 0.6) is 0 Å². The number of hydrogen-bond donors (Lipinski definition) is 2. The Morgan fingerprint density at radius 2 is 2.00 bits per heavy atom. The smallest absolute Gasteiger partial charge is 0.0477 e. The molecule has 2 nitrogen and oxygen atoms in total. The van der Waals surface area contributed by atoms with Crippen LogP contribution in [0, 0.1) is 8.99 Å². The standard InChI is InChI=1S/C15H25IN2/c1-4-5-6-9-15(2,3)11-18-14-8-7-12(17)10-13(14)16/h7-8,10,18H,4-6,9,11,17H2,1-3H3. The summed E-state index contributed by atoms with van der Waals surface area (Å²) in [5, 5.41) is 3.54. The quantitative estimate of drug-likeness (QED) is 0.413. The molecular weight excluding hydrogens is 335 g/mol. The summed E-state index contributed by atoms with van der Waals surface area (Å²) in [6.45, 7) is 7.93. The number of nitrogen functional groups attached to an aromatic ring is 1. The monoisotopic (exact) mass is 360 g/mol. The van der Waals surface area contributed by atoms with Gasteiger partial charge in [0.25, 0.3) is 0 Å². The van der Waals surface area contributed by atoms with E-state index in [2.05, 4.69) is 54.7 Å². The van der Waals surface area contributed by atoms with Gasteiger partial charge in [-0.3, -0.25) is 0 Å². The molecule has 0 saturated heterocycles. The average Bonchev–Trinajstić information content (AvgIpc) is 2.28. The lowest BCUT2D eigenvalue weighted by Crippen LogP contribution is -2.23. The third-order valence-electron chi connectivity index (χ3n) is 3.21. The van der Waals surface area contributed by atoms with Gasteiger partial charge in [0.2, 0.25) is 0 Å². The molecule has 0 aliphatic heterocycles. The lowest BCUT2D eigenvalue weighted by Gasteiger charge is -2.26. The van der Waals surface area contributed by atoms with Gasteiger partial charge < -0.3 is 11.1 Å². The Balaban J connectivity index is 2.48. The summed E-state index contributed by atoms with van der Waals surface area (Å²) in [7, 11) is 0. The summed E-state index contributed by atoms with van der Waals surface area (Å²) in [6.07, 6.45) is 5.23. The maximum absolute atomic E-state index is 5.76. The third-order valence-corrected chi connectivity index (χ3v) is 4.10. The van der Waals surface area contributed by atoms with Gasteiger partial charge in [0.1, 0.15) is 0 Å². The van der Waals surface area contributed by atoms with Crippen LogP contribution in [0.4, 0.5) is 11.4 Å². The third kappa shape index (κ3) is 5.46. The van der Waals surface area contributed by atoms with Crippen molar-refractivity contribution in [2.45, 2.75) is 46.5 Å². The minimum absolute atomic E-state index is 0.347. The van der Waals surface area contributed by atoms with Crippen molar-refractivity contribution in [1.29, 1.82) is 0 Å². The number of hydrogen-bond acceptors (Lipinski definition) is 2. The molecule has 0 aliphatic carbocycles. The van der Waals surface area contributed by atoms with E-state index in [1.165, 1.54) is 34.9 Å². The van der Waals surface area contributed by atoms with Crippen LogP contribution in [0.15, 0.2) is 18.2 Å². The molecule has 0 fully saturated rings. The van der Waals surface area contributed by atoms with Crippen molar-refractivity contribution < 1.29 is 0 Å². The van der Waals surface area contributed by atoms with Gasteiger partial charge in [-0.15, -0.1) is 0 Å². The molecule has 3 N–H and O–H groups in total. The van der Waals surface area contributed by atoms with Crippen LogP contribution in [-0.2, 0) is 0 Å². The summed E-state index contributed by atoms with van der Waals surface area (Å²) >= 11 is 2.33. The molecule has 0 amide bonds. The van der Waals surface area contributed by atoms with E-state index in [9.17, 15) is 0 Å². The second-order valence-corrected chi connectivity index (χ2v) is 6.88. The Kier molecular flexibility index (Phi) is 6.26. The van der Waals surface area contributed by atoms with Gasteiger partial charge >= 0.3 is 0 Å². The zero-order valence-corrected chi connectivity index (χ0v) is 13.9. The molecule has 0 unspecified atom stereocenters. The molecule has 0 aliphatic rings. The maximum Gasteiger partial charge on any atom is 0.0477 e. The molecule has 1 aromatic rings. The second kappa shape index (κ2) is 7.22. The van der Waals surface area contributed by atoms with Gasteiger partial charge in [-0.1, -0.05) is 40.0 Å². The second-order valence-electron chi connectivity index (χ2n) is 5.71. The molecular formula is C15H25IN2. The van der Waals surface area contributed by atoms with E-state index in [0.717, 1.165) is 12.2 Å². The Hall–Kier alpha value is -0.450. The highest BCUT2D eigenvalue weighted by molar-refractivity contribution is 14.1. The molecule has 0 spiro atoms. The summed E-state index contributed by atoms with van der Waals surface area (Å²) in [5.74, 6) is 0. The Morgan fingerprint density at radius 1 is 1.28 bits per heavy atom. The summed E-state index contributed by atoms with van der Waals surface area (Å²) in [4.78, 5) is 0. The highest BCUT2D eigenvalue weighted by atomic mass is 127. The van der Waals surface area contributed by atoms with Crippen molar-refractivity contribution in [3.05, 3.63) is 21.8 Å². The van der Waals surface area contributed by atoms with Gasteiger partial charge in [-0.2, -0.15) is 0 Å². The van der Waals surface area contributed by atoms with E-state index in [1.54, 1.807) is 0 Å². The molecule has 0 saturated carbocycles. The zero-order chi connectivity index (χ0) is 13.6. The van der Waals surface area contributed by atoms with E-state index in [-0.39, 0.29) is 0 Å². The van der Waals surface area contributed by atoms with Crippen molar-refractivity contribution in [2.24, 2.45) is 5.41 Å². The maximum atomic E-state index is 5.76. The molecule has 1 aromatic carbocycles. The van der Waals surface area contributed by atoms with Crippen molar-refractivity contribution >= 4 is 34.0 Å². The lowest BCUT2D eigenvalue weighted by atomic mass is 9.87. The number of nitrogens with two attached hydrogens (primary N) is 1. The van der Waals surface area contributed by atoms with Gasteiger partial charge in [-0.25, -0.2) is 0 Å². The summed E-state index contributed by atoms with van der Waals surface area (Å²) in [5.41, 5.74) is 8.12. The van der Waals surface area contributed by atoms with Crippen LogP contribution in [-0.4, -0.2) is 6.54 Å². The Morgan fingerprint density at radius 3 is 2.61 bits per heavy atom. The van der Waals surface area contributed by atoms with Gasteiger partial charge in [0.15, 0.2) is 0 Å². The Bertz CT molecular complexity index is 375.